The van der Waals surface area contributed by atoms with E-state index in [1.807, 2.05) is 0 Å². The molecule has 0 amide bonds. The molecule has 144 heavy (non-hydrogen) atoms. The Hall–Kier alpha value is -19.0. The first-order valence-corrected chi connectivity index (χ1v) is 49.7. The fourth-order valence-corrected chi connectivity index (χ4v) is 22.9. The van der Waals surface area contributed by atoms with Crippen molar-refractivity contribution in [3.8, 4) is 100 Å². The molecule has 4 heteroatoms. The second-order valence-corrected chi connectivity index (χ2v) is 37.6. The Morgan fingerprint density at radius 2 is 0.396 bits per heavy atom. The van der Waals surface area contributed by atoms with Gasteiger partial charge in [-0.15, -0.1) is 0 Å². The molecule has 28 rings (SSSR count). The van der Waals surface area contributed by atoms with Gasteiger partial charge >= 0.3 is 0 Å². The van der Waals surface area contributed by atoms with Crippen molar-refractivity contribution >= 4 is 164 Å². The SMILES string of the molecule is c1ccc(-n2c3ccccc3c3cc(N(c4ccc(-c5ccc6ccccc6c5)cc4)c4ccc(-c5c6ccccc6c(-c6cccc(-c7cccc8ccccc78)c6)c6ccccc56)cc4)ccc32)cc1.c1ccc(-n2c3ccccc3c3cc(N(c4ccc(-c5ccc6ccccc6c5)cc4)c4ccc(-c5c6ccccc6c(-c6ccccc6-c6cccc7ccccc67)c6ccccc56)cc4)ccc32)cc1. The van der Waals surface area contributed by atoms with Crippen LogP contribution in [0.1, 0.15) is 0 Å². The molecule has 4 nitrogen and oxygen atoms in total. The molecule has 0 N–H and O–H groups in total. The molecular weight excluding hydrogens is 1740 g/mol. The second-order valence-electron chi connectivity index (χ2n) is 37.6. The fourth-order valence-electron chi connectivity index (χ4n) is 22.9. The molecule has 0 aliphatic rings. The molecule has 0 atom stereocenters. The summed E-state index contributed by atoms with van der Waals surface area (Å²) in [6.45, 7) is 0. The maximum Gasteiger partial charge on any atom is 0.0542 e. The standard InChI is InChI=1S/2C70H46N2/c1-2-22-55(23-3-1)72-67-31-13-12-25-61(67)66-46-58(42-43-68(66)72)71(56-38-34-48(35-39-56)52-33-32-47-16-4-5-18-51(47)44-52)57-40-36-50(37-41-57)69-62-26-8-10-28-64(62)70(65-29-11-9-27-63(65)69)54-21-14-20-53(45-54)60-30-15-19-49-17-6-7-24-59(49)60;1-2-21-53(22-3-1)72-67-32-15-14-25-60(67)66-46-56(43-44-68(66)72)71(54-39-35-48(36-40-54)52-34-33-47-17-4-5-19-51(47)45-52)55-41-37-50(38-42-55)69-62-27-10-12-29-64(62)70(65-30-13-11-28-63(65)69)61-26-9-8-24-59(61)58-31-16-20-49-18-6-7-23-57(49)58/h2*1-46H. The topological polar surface area (TPSA) is 16.3 Å². The number of benzene rings is 26. The third-order valence-electron chi connectivity index (χ3n) is 29.5. The average molecular weight is 1830 g/mol. The van der Waals surface area contributed by atoms with Gasteiger partial charge in [-0.25, -0.2) is 0 Å². The van der Waals surface area contributed by atoms with Crippen LogP contribution in [-0.4, -0.2) is 9.13 Å². The number of aromatic nitrogens is 2. The molecule has 2 heterocycles. The predicted molar refractivity (Wildman–Crippen MR) is 614 cm³/mol. The molecule has 0 bridgehead atoms. The first-order valence-electron chi connectivity index (χ1n) is 49.7. The van der Waals surface area contributed by atoms with Crippen LogP contribution < -0.4 is 9.80 Å². The zero-order valence-electron chi connectivity index (χ0n) is 78.9. The number of anilines is 6. The van der Waals surface area contributed by atoms with Crippen LogP contribution in [0.5, 0.6) is 0 Å². The van der Waals surface area contributed by atoms with Gasteiger partial charge in [0.25, 0.3) is 0 Å². The first-order chi connectivity index (χ1) is 71.4. The molecule has 672 valence electrons. The van der Waals surface area contributed by atoms with Crippen LogP contribution in [0.15, 0.2) is 558 Å². The highest BCUT2D eigenvalue weighted by molar-refractivity contribution is 6.25. The van der Waals surface area contributed by atoms with E-state index in [1.165, 1.54) is 219 Å². The highest BCUT2D eigenvalue weighted by Crippen LogP contribution is 2.52. The van der Waals surface area contributed by atoms with Gasteiger partial charge in [0.05, 0.1) is 22.1 Å². The van der Waals surface area contributed by atoms with Crippen LogP contribution in [0.4, 0.5) is 34.1 Å². The summed E-state index contributed by atoms with van der Waals surface area (Å²) >= 11 is 0. The minimum absolute atomic E-state index is 1.08. The number of hydrogen-bond donors (Lipinski definition) is 0. The third kappa shape index (κ3) is 14.8. The van der Waals surface area contributed by atoms with Gasteiger partial charge in [-0.2, -0.15) is 0 Å². The molecule has 26 aromatic carbocycles. The van der Waals surface area contributed by atoms with Crippen molar-refractivity contribution in [3.63, 3.8) is 0 Å². The summed E-state index contributed by atoms with van der Waals surface area (Å²) in [4.78, 5) is 4.82. The van der Waals surface area contributed by atoms with Crippen LogP contribution in [-0.2, 0) is 0 Å². The highest BCUT2D eigenvalue weighted by atomic mass is 15.2. The van der Waals surface area contributed by atoms with Gasteiger partial charge in [-0.3, -0.25) is 0 Å². The Kier molecular flexibility index (Phi) is 20.9. The average Bonchev–Trinajstić information content (AvgIpc) is 1.24. The van der Waals surface area contributed by atoms with Crippen LogP contribution in [0.3, 0.4) is 0 Å². The lowest BCUT2D eigenvalue weighted by Crippen LogP contribution is -2.10. The molecule has 0 spiro atoms. The zero-order chi connectivity index (χ0) is 95.1. The molecule has 2 aromatic heterocycles. The quantitative estimate of drug-likeness (QED) is 0.0897. The lowest BCUT2D eigenvalue weighted by Gasteiger charge is -2.26. The van der Waals surface area contributed by atoms with E-state index in [2.05, 4.69) is 577 Å². The Morgan fingerprint density at radius 1 is 0.118 bits per heavy atom. The van der Waals surface area contributed by atoms with Gasteiger partial charge in [0.2, 0.25) is 0 Å². The molecule has 0 unspecified atom stereocenters. The Morgan fingerprint density at radius 3 is 0.819 bits per heavy atom. The van der Waals surface area contributed by atoms with Crippen LogP contribution in [0.2, 0.25) is 0 Å². The zero-order valence-corrected chi connectivity index (χ0v) is 78.9. The molecule has 0 aliphatic carbocycles. The molecule has 28 aromatic rings. The smallest absolute Gasteiger partial charge is 0.0542 e. The van der Waals surface area contributed by atoms with Gasteiger partial charge in [-0.05, 0) is 315 Å². The summed E-state index contributed by atoms with van der Waals surface area (Å²) in [5, 5.41) is 24.7. The van der Waals surface area contributed by atoms with Gasteiger partial charge in [0.1, 0.15) is 0 Å². The van der Waals surface area contributed by atoms with Gasteiger partial charge in [-0.1, -0.05) is 419 Å². The maximum absolute atomic E-state index is 2.41. The lowest BCUT2D eigenvalue weighted by atomic mass is 9.83. The molecule has 0 radical (unpaired) electrons. The molecule has 0 fully saturated rings. The molecular formula is C140H92N4. The highest BCUT2D eigenvalue weighted by Gasteiger charge is 2.26. The minimum atomic E-state index is 1.08. The van der Waals surface area contributed by atoms with E-state index < -0.39 is 0 Å². The van der Waals surface area contributed by atoms with E-state index in [9.17, 15) is 0 Å². The second kappa shape index (κ2) is 35.8. The Labute approximate surface area is 835 Å². The van der Waals surface area contributed by atoms with Crippen LogP contribution in [0, 0.1) is 0 Å². The summed E-state index contributed by atoms with van der Waals surface area (Å²) in [5.41, 5.74) is 33.0. The fraction of sp³-hybridized carbons (Fsp3) is 0. The molecule has 0 aliphatic heterocycles. The number of rotatable bonds is 16. The Bertz CT molecular complexity index is 9760. The van der Waals surface area contributed by atoms with E-state index in [0.717, 1.165) is 45.5 Å². The van der Waals surface area contributed by atoms with E-state index in [1.54, 1.807) is 0 Å². The maximum atomic E-state index is 2.41. The number of para-hydroxylation sites is 4. The van der Waals surface area contributed by atoms with Crippen LogP contribution in [0.25, 0.3) is 230 Å². The minimum Gasteiger partial charge on any atom is -0.310 e. The Balaban J connectivity index is 0.000000143. The third-order valence-corrected chi connectivity index (χ3v) is 29.5. The van der Waals surface area contributed by atoms with Gasteiger partial charge in [0.15, 0.2) is 0 Å². The van der Waals surface area contributed by atoms with E-state index >= 15 is 0 Å². The van der Waals surface area contributed by atoms with Crippen molar-refractivity contribution < 1.29 is 0 Å². The summed E-state index contributed by atoms with van der Waals surface area (Å²) in [6, 6.07) is 205. The summed E-state index contributed by atoms with van der Waals surface area (Å²) < 4.78 is 4.77. The molecule has 0 saturated carbocycles. The lowest BCUT2D eigenvalue weighted by molar-refractivity contribution is 1.18. The van der Waals surface area contributed by atoms with Crippen molar-refractivity contribution in [1.29, 1.82) is 0 Å². The predicted octanol–water partition coefficient (Wildman–Crippen LogP) is 39.1. The number of nitrogens with zero attached hydrogens (tertiary/aromatic N) is 4. The summed E-state index contributed by atoms with van der Waals surface area (Å²) in [5.74, 6) is 0. The van der Waals surface area contributed by atoms with E-state index in [-0.39, 0.29) is 0 Å². The van der Waals surface area contributed by atoms with Crippen molar-refractivity contribution in [2.45, 2.75) is 0 Å². The van der Waals surface area contributed by atoms with Gasteiger partial charge < -0.3 is 18.9 Å². The van der Waals surface area contributed by atoms with Crippen molar-refractivity contribution in [3.05, 3.63) is 558 Å². The van der Waals surface area contributed by atoms with Crippen molar-refractivity contribution in [1.82, 2.24) is 9.13 Å². The van der Waals surface area contributed by atoms with E-state index in [4.69, 9.17) is 0 Å². The van der Waals surface area contributed by atoms with Crippen molar-refractivity contribution in [2.24, 2.45) is 0 Å². The normalized spacial score (nSPS) is 11.6. The van der Waals surface area contributed by atoms with Crippen LogP contribution >= 0.6 is 0 Å². The first kappa shape index (κ1) is 84.3. The van der Waals surface area contributed by atoms with Crippen molar-refractivity contribution in [2.75, 3.05) is 9.80 Å². The van der Waals surface area contributed by atoms with Gasteiger partial charge in [0, 0.05) is 67.0 Å². The summed E-state index contributed by atoms with van der Waals surface area (Å²) in [6.07, 6.45) is 0. The monoisotopic (exact) mass is 1830 g/mol. The largest absolute Gasteiger partial charge is 0.310 e. The number of hydrogen-bond acceptors (Lipinski definition) is 2. The molecule has 0 saturated heterocycles. The van der Waals surface area contributed by atoms with E-state index in [0.29, 0.717) is 0 Å². The summed E-state index contributed by atoms with van der Waals surface area (Å²) in [7, 11) is 0. The number of fused-ring (bicyclic) bond motifs is 14.